The molecule has 0 saturated carbocycles. The van der Waals surface area contributed by atoms with Crippen molar-refractivity contribution in [3.8, 4) is 0 Å². The van der Waals surface area contributed by atoms with Crippen LogP contribution in [0.4, 0.5) is 0 Å². The molecule has 0 aliphatic carbocycles. The van der Waals surface area contributed by atoms with Crippen LogP contribution in [0.3, 0.4) is 0 Å². The van der Waals surface area contributed by atoms with Crippen molar-refractivity contribution in [2.75, 3.05) is 26.4 Å². The summed E-state index contributed by atoms with van der Waals surface area (Å²) in [5.74, 6) is 0. The van der Waals surface area contributed by atoms with Crippen LogP contribution >= 0.6 is 22.2 Å². The summed E-state index contributed by atoms with van der Waals surface area (Å²) in [7, 11) is -6.07. The van der Waals surface area contributed by atoms with Gasteiger partial charge in [-0.3, -0.25) is 0 Å². The van der Waals surface area contributed by atoms with Crippen molar-refractivity contribution in [3.05, 3.63) is 0 Å². The summed E-state index contributed by atoms with van der Waals surface area (Å²) in [5.41, 5.74) is 0. The fourth-order valence-corrected chi connectivity index (χ4v) is 11.1. The minimum absolute atomic E-state index is 0.471. The summed E-state index contributed by atoms with van der Waals surface area (Å²) in [5, 5.41) is 0. The third kappa shape index (κ3) is 4.41. The fourth-order valence-electron chi connectivity index (χ4n) is 1.73. The Bertz CT molecular complexity index is 231. The lowest BCUT2D eigenvalue weighted by molar-refractivity contribution is 0.155. The maximum atomic E-state index is 6.67. The molecule has 0 radical (unpaired) electrons. The molecule has 0 N–H and O–H groups in total. The van der Waals surface area contributed by atoms with Gasteiger partial charge >= 0.3 is 15.7 Å². The molecular formula is C11H26Cl2O4Si2. The highest BCUT2D eigenvalue weighted by Crippen LogP contribution is 2.51. The Morgan fingerprint density at radius 2 is 0.895 bits per heavy atom. The lowest BCUT2D eigenvalue weighted by Crippen LogP contribution is -2.61. The van der Waals surface area contributed by atoms with E-state index in [4.69, 9.17) is 39.9 Å². The molecule has 0 bridgehead atoms. The average molecular weight is 349 g/mol. The molecule has 0 aromatic rings. The summed E-state index contributed by atoms with van der Waals surface area (Å²) in [6.45, 7) is 13.3. The lowest BCUT2D eigenvalue weighted by Gasteiger charge is -2.44. The zero-order valence-corrected chi connectivity index (χ0v) is 16.2. The second-order valence-electron chi connectivity index (χ2n) is 4.43. The Morgan fingerprint density at radius 3 is 1.05 bits per heavy atom. The molecule has 0 fully saturated rings. The van der Waals surface area contributed by atoms with Crippen molar-refractivity contribution >= 4 is 37.9 Å². The van der Waals surface area contributed by atoms with E-state index in [2.05, 4.69) is 0 Å². The molecule has 116 valence electrons. The van der Waals surface area contributed by atoms with E-state index < -0.39 is 20.4 Å². The second kappa shape index (κ2) is 8.33. The van der Waals surface area contributed by atoms with Crippen molar-refractivity contribution < 1.29 is 17.7 Å². The van der Waals surface area contributed by atoms with Crippen LogP contribution in [0.1, 0.15) is 41.5 Å². The molecule has 0 aromatic heterocycles. The molecular weight excluding hydrogens is 323 g/mol. The summed E-state index contributed by atoms with van der Waals surface area (Å²) < 4.78 is 22.3. The van der Waals surface area contributed by atoms with Crippen molar-refractivity contribution in [2.24, 2.45) is 0 Å². The van der Waals surface area contributed by atoms with Crippen LogP contribution < -0.4 is 0 Å². The molecule has 0 unspecified atom stereocenters. The molecule has 0 heterocycles. The van der Waals surface area contributed by atoms with Crippen LogP contribution in [-0.2, 0) is 17.7 Å². The Kier molecular flexibility index (Phi) is 8.71. The Labute approximate surface area is 128 Å². The topological polar surface area (TPSA) is 36.9 Å². The normalized spacial score (nSPS) is 13.9. The van der Waals surface area contributed by atoms with Gasteiger partial charge in [-0.15, -0.1) is 0 Å². The number of hydrogen-bond acceptors (Lipinski definition) is 4. The zero-order valence-electron chi connectivity index (χ0n) is 12.7. The standard InChI is InChI=1S/C11H26Cl2O4Si2/c1-7-14-18(12,15-8-2)11(5,6)19(13,16-9-3)17-10-4/h7-10H2,1-6H3. The van der Waals surface area contributed by atoms with Gasteiger partial charge in [-0.1, -0.05) is 36.0 Å². The predicted molar refractivity (Wildman–Crippen MR) is 83.8 cm³/mol. The molecule has 19 heavy (non-hydrogen) atoms. The minimum Gasteiger partial charge on any atom is -0.383 e. The zero-order chi connectivity index (χ0) is 15.2. The predicted octanol–water partition coefficient (Wildman–Crippen LogP) is 3.81. The van der Waals surface area contributed by atoms with Crippen molar-refractivity contribution in [1.29, 1.82) is 0 Å². The molecule has 0 atom stereocenters. The highest BCUT2D eigenvalue weighted by atomic mass is 35.6. The van der Waals surface area contributed by atoms with Gasteiger partial charge in [0, 0.05) is 26.4 Å². The van der Waals surface area contributed by atoms with Gasteiger partial charge in [0.1, 0.15) is 0 Å². The lowest BCUT2D eigenvalue weighted by atomic mass is 10.5. The van der Waals surface area contributed by atoms with E-state index in [0.29, 0.717) is 26.4 Å². The van der Waals surface area contributed by atoms with Crippen LogP contribution in [0.25, 0.3) is 0 Å². The van der Waals surface area contributed by atoms with E-state index in [-0.39, 0.29) is 0 Å². The van der Waals surface area contributed by atoms with Gasteiger partial charge in [0.05, 0.1) is 4.66 Å². The average Bonchev–Trinajstić information content (AvgIpc) is 2.29. The van der Waals surface area contributed by atoms with Crippen molar-refractivity contribution in [2.45, 2.75) is 46.2 Å². The highest BCUT2D eigenvalue weighted by molar-refractivity contribution is 7.28. The minimum atomic E-state index is -3.03. The first-order valence-electron chi connectivity index (χ1n) is 6.68. The first kappa shape index (κ1) is 19.9. The van der Waals surface area contributed by atoms with Gasteiger partial charge in [0.2, 0.25) is 0 Å². The Balaban J connectivity index is 5.44. The van der Waals surface area contributed by atoms with Crippen molar-refractivity contribution in [1.82, 2.24) is 0 Å². The highest BCUT2D eigenvalue weighted by Gasteiger charge is 2.67. The van der Waals surface area contributed by atoms with Gasteiger partial charge in [0.15, 0.2) is 0 Å². The van der Waals surface area contributed by atoms with Crippen LogP contribution in [0.2, 0.25) is 4.66 Å². The quantitative estimate of drug-likeness (QED) is 0.444. The Hall–Kier alpha value is 0.854. The monoisotopic (exact) mass is 348 g/mol. The third-order valence-electron chi connectivity index (χ3n) is 2.81. The van der Waals surface area contributed by atoms with Gasteiger partial charge in [-0.05, 0) is 27.7 Å². The van der Waals surface area contributed by atoms with E-state index in [0.717, 1.165) is 0 Å². The largest absolute Gasteiger partial charge is 0.452 e. The summed E-state index contributed by atoms with van der Waals surface area (Å²) in [6.07, 6.45) is 0. The van der Waals surface area contributed by atoms with Crippen LogP contribution in [0.15, 0.2) is 0 Å². The summed E-state index contributed by atoms with van der Waals surface area (Å²) in [4.78, 5) is 0. The molecule has 0 spiro atoms. The second-order valence-corrected chi connectivity index (χ2v) is 13.7. The van der Waals surface area contributed by atoms with E-state index in [1.807, 2.05) is 41.5 Å². The number of halogens is 2. The first-order chi connectivity index (χ1) is 8.74. The molecule has 0 aliphatic heterocycles. The number of rotatable bonds is 10. The molecule has 8 heteroatoms. The van der Waals surface area contributed by atoms with Gasteiger partial charge < -0.3 is 17.7 Å². The third-order valence-corrected chi connectivity index (χ3v) is 15.5. The summed E-state index contributed by atoms with van der Waals surface area (Å²) >= 11 is 13.3. The van der Waals surface area contributed by atoms with E-state index in [9.17, 15) is 0 Å². The van der Waals surface area contributed by atoms with E-state index >= 15 is 0 Å². The van der Waals surface area contributed by atoms with Gasteiger partial charge in [0.25, 0.3) is 0 Å². The van der Waals surface area contributed by atoms with E-state index in [1.54, 1.807) is 0 Å². The van der Waals surface area contributed by atoms with Crippen LogP contribution in [-0.4, -0.2) is 42.2 Å². The maximum absolute atomic E-state index is 6.67. The number of hydrogen-bond donors (Lipinski definition) is 0. The Morgan fingerprint density at radius 1 is 0.684 bits per heavy atom. The van der Waals surface area contributed by atoms with Gasteiger partial charge in [-0.2, -0.15) is 0 Å². The molecule has 0 amide bonds. The van der Waals surface area contributed by atoms with Crippen LogP contribution in [0, 0.1) is 0 Å². The maximum Gasteiger partial charge on any atom is 0.452 e. The van der Waals surface area contributed by atoms with Crippen LogP contribution in [0.5, 0.6) is 0 Å². The van der Waals surface area contributed by atoms with Crippen molar-refractivity contribution in [3.63, 3.8) is 0 Å². The molecule has 0 rings (SSSR count). The van der Waals surface area contributed by atoms with E-state index in [1.165, 1.54) is 0 Å². The smallest absolute Gasteiger partial charge is 0.383 e. The molecule has 0 aromatic carbocycles. The first-order valence-corrected chi connectivity index (χ1v) is 12.3. The summed E-state index contributed by atoms with van der Waals surface area (Å²) in [6, 6.07) is 0. The van der Waals surface area contributed by atoms with Gasteiger partial charge in [-0.25, -0.2) is 0 Å². The molecule has 0 aliphatic rings. The SMILES string of the molecule is CCO[Si](Cl)(OCC)C(C)(C)[Si](Cl)(OCC)OCC. The molecule has 0 saturated heterocycles. The molecule has 4 nitrogen and oxygen atoms in total. The fraction of sp³-hybridized carbons (Fsp3) is 1.00.